The number of hydrogen-bond donors (Lipinski definition) is 1. The third kappa shape index (κ3) is 3.77. The lowest BCUT2D eigenvalue weighted by Gasteiger charge is -2.40. The van der Waals surface area contributed by atoms with E-state index in [0.29, 0.717) is 36.1 Å². The molecule has 0 radical (unpaired) electrons. The fourth-order valence-corrected chi connectivity index (χ4v) is 5.85. The standard InChI is InChI=1S/C31H30FN3O4/c1-4-16-39-25-15-10-19(17-26(25)38-5-2)23-18-34-30(37)35(21-13-11-20(32)12-14-21)29(36)31(34,3)28-27(23)22-8-6-7-9-24(22)33-28/h6-15,17,23,33H,4-5,16,18H2,1-3H3/t23?,31-/m0/s1. The Bertz CT molecular complexity index is 1580. The third-order valence-electron chi connectivity index (χ3n) is 7.74. The molecular weight excluding hydrogens is 497 g/mol. The van der Waals surface area contributed by atoms with Crippen molar-refractivity contribution in [2.75, 3.05) is 24.7 Å². The highest BCUT2D eigenvalue weighted by Gasteiger charge is 2.60. The van der Waals surface area contributed by atoms with E-state index >= 15 is 0 Å². The molecule has 3 amide bonds. The van der Waals surface area contributed by atoms with E-state index in [-0.39, 0.29) is 18.4 Å². The van der Waals surface area contributed by atoms with E-state index in [2.05, 4.69) is 11.9 Å². The Labute approximate surface area is 226 Å². The summed E-state index contributed by atoms with van der Waals surface area (Å²) in [5, 5.41) is 1.00. The molecule has 200 valence electrons. The van der Waals surface area contributed by atoms with Gasteiger partial charge < -0.3 is 19.4 Å². The Hall–Kier alpha value is -4.33. The van der Waals surface area contributed by atoms with E-state index < -0.39 is 17.4 Å². The number of hydrogen-bond acceptors (Lipinski definition) is 4. The first-order valence-corrected chi connectivity index (χ1v) is 13.3. The molecule has 3 aromatic carbocycles. The summed E-state index contributed by atoms with van der Waals surface area (Å²) < 4.78 is 25.5. The van der Waals surface area contributed by atoms with Crippen LogP contribution in [0.15, 0.2) is 66.7 Å². The van der Waals surface area contributed by atoms with Gasteiger partial charge in [-0.2, -0.15) is 0 Å². The van der Waals surface area contributed by atoms with Crippen LogP contribution in [0.4, 0.5) is 14.9 Å². The number of aromatic amines is 1. The number of halogens is 1. The van der Waals surface area contributed by atoms with Gasteiger partial charge in [-0.3, -0.25) is 4.79 Å². The molecule has 0 saturated carbocycles. The Morgan fingerprint density at radius 1 is 1.00 bits per heavy atom. The Morgan fingerprint density at radius 3 is 2.51 bits per heavy atom. The molecule has 1 N–H and O–H groups in total. The zero-order chi connectivity index (χ0) is 27.3. The number of amides is 3. The van der Waals surface area contributed by atoms with Gasteiger partial charge in [0.1, 0.15) is 5.82 Å². The molecule has 1 aromatic heterocycles. The summed E-state index contributed by atoms with van der Waals surface area (Å²) in [6.07, 6.45) is 0.878. The first-order valence-electron chi connectivity index (χ1n) is 13.3. The maximum atomic E-state index is 14.0. The number of urea groups is 1. The Morgan fingerprint density at radius 2 is 1.77 bits per heavy atom. The van der Waals surface area contributed by atoms with Gasteiger partial charge in [0, 0.05) is 23.4 Å². The third-order valence-corrected chi connectivity index (χ3v) is 7.74. The molecule has 0 bridgehead atoms. The molecule has 2 aliphatic rings. The summed E-state index contributed by atoms with van der Waals surface area (Å²) in [6, 6.07) is 18.8. The number of H-pyrrole nitrogens is 1. The lowest BCUT2D eigenvalue weighted by molar-refractivity contribution is -0.125. The van der Waals surface area contributed by atoms with Crippen molar-refractivity contribution in [1.29, 1.82) is 0 Å². The summed E-state index contributed by atoms with van der Waals surface area (Å²) in [7, 11) is 0. The number of imide groups is 1. The SMILES string of the molecule is CCCOc1ccc(C2CN3C(=O)N(c4ccc(F)cc4)C(=O)[C@]3(C)c3[nH]c4ccccc4c32)cc1OCC. The number of fused-ring (bicyclic) bond motifs is 5. The molecule has 7 nitrogen and oxygen atoms in total. The van der Waals surface area contributed by atoms with Crippen LogP contribution in [0.2, 0.25) is 0 Å². The number of carbonyl (C=O) groups is 2. The second-order valence-electron chi connectivity index (χ2n) is 10.1. The zero-order valence-electron chi connectivity index (χ0n) is 22.2. The molecule has 1 fully saturated rings. The fourth-order valence-electron chi connectivity index (χ4n) is 5.85. The highest BCUT2D eigenvalue weighted by molar-refractivity contribution is 6.23. The van der Waals surface area contributed by atoms with Crippen LogP contribution in [0, 0.1) is 5.82 Å². The van der Waals surface area contributed by atoms with Crippen molar-refractivity contribution < 1.29 is 23.5 Å². The Balaban J connectivity index is 1.52. The van der Waals surface area contributed by atoms with E-state index in [0.717, 1.165) is 33.4 Å². The number of aromatic nitrogens is 1. The molecule has 1 saturated heterocycles. The molecule has 8 heteroatoms. The minimum absolute atomic E-state index is 0.228. The number of rotatable bonds is 7. The minimum Gasteiger partial charge on any atom is -0.490 e. The van der Waals surface area contributed by atoms with Gasteiger partial charge in [-0.1, -0.05) is 31.2 Å². The van der Waals surface area contributed by atoms with Gasteiger partial charge in [-0.05, 0) is 73.9 Å². The molecule has 39 heavy (non-hydrogen) atoms. The van der Waals surface area contributed by atoms with Crippen LogP contribution in [0.1, 0.15) is 49.9 Å². The monoisotopic (exact) mass is 527 g/mol. The maximum absolute atomic E-state index is 14.0. The summed E-state index contributed by atoms with van der Waals surface area (Å²) in [5.74, 6) is 0.292. The van der Waals surface area contributed by atoms with Gasteiger partial charge in [0.15, 0.2) is 17.0 Å². The van der Waals surface area contributed by atoms with Crippen molar-refractivity contribution in [3.8, 4) is 11.5 Å². The average molecular weight is 528 g/mol. The van der Waals surface area contributed by atoms with E-state index in [1.165, 1.54) is 24.3 Å². The van der Waals surface area contributed by atoms with Gasteiger partial charge >= 0.3 is 6.03 Å². The topological polar surface area (TPSA) is 74.9 Å². The average Bonchev–Trinajstić information content (AvgIpc) is 3.42. The fraction of sp³-hybridized carbons (Fsp3) is 0.290. The van der Waals surface area contributed by atoms with Crippen molar-refractivity contribution >= 4 is 28.5 Å². The predicted octanol–water partition coefficient (Wildman–Crippen LogP) is 6.32. The number of nitrogens with zero attached hydrogens (tertiary/aromatic N) is 2. The second-order valence-corrected chi connectivity index (χ2v) is 10.1. The molecule has 0 aliphatic carbocycles. The number of carbonyl (C=O) groups excluding carboxylic acids is 2. The normalized spacial score (nSPS) is 20.4. The highest BCUT2D eigenvalue weighted by atomic mass is 19.1. The molecule has 6 rings (SSSR count). The lowest BCUT2D eigenvalue weighted by atomic mass is 9.78. The molecule has 2 atom stereocenters. The largest absolute Gasteiger partial charge is 0.490 e. The van der Waals surface area contributed by atoms with Crippen molar-refractivity contribution in [2.24, 2.45) is 0 Å². The smallest absolute Gasteiger partial charge is 0.332 e. The van der Waals surface area contributed by atoms with Crippen LogP contribution in [-0.2, 0) is 10.3 Å². The van der Waals surface area contributed by atoms with Crippen molar-refractivity contribution in [3.05, 3.63) is 89.4 Å². The molecule has 3 heterocycles. The Kier molecular flexibility index (Phi) is 6.05. The maximum Gasteiger partial charge on any atom is 0.332 e. The van der Waals surface area contributed by atoms with E-state index in [1.54, 1.807) is 11.8 Å². The van der Waals surface area contributed by atoms with Crippen LogP contribution < -0.4 is 14.4 Å². The minimum atomic E-state index is -1.25. The van der Waals surface area contributed by atoms with Gasteiger partial charge in [-0.15, -0.1) is 0 Å². The number of ether oxygens (including phenoxy) is 2. The molecule has 4 aromatic rings. The quantitative estimate of drug-likeness (QED) is 0.285. The predicted molar refractivity (Wildman–Crippen MR) is 147 cm³/mol. The summed E-state index contributed by atoms with van der Waals surface area (Å²) >= 11 is 0. The van der Waals surface area contributed by atoms with E-state index in [9.17, 15) is 14.0 Å². The zero-order valence-corrected chi connectivity index (χ0v) is 22.2. The van der Waals surface area contributed by atoms with Crippen molar-refractivity contribution in [2.45, 2.75) is 38.6 Å². The number of para-hydroxylation sites is 1. The highest BCUT2D eigenvalue weighted by Crippen LogP contribution is 2.51. The van der Waals surface area contributed by atoms with Gasteiger partial charge in [0.05, 0.1) is 24.6 Å². The first kappa shape index (κ1) is 25.0. The van der Waals surface area contributed by atoms with Crippen molar-refractivity contribution in [3.63, 3.8) is 0 Å². The van der Waals surface area contributed by atoms with Crippen LogP contribution >= 0.6 is 0 Å². The second kappa shape index (κ2) is 9.45. The summed E-state index contributed by atoms with van der Waals surface area (Å²) in [5.41, 5.74) is 2.61. The molecule has 0 spiro atoms. The van der Waals surface area contributed by atoms with E-state index in [1.807, 2.05) is 49.4 Å². The van der Waals surface area contributed by atoms with Crippen molar-refractivity contribution in [1.82, 2.24) is 9.88 Å². The number of anilines is 1. The first-order chi connectivity index (χ1) is 18.9. The number of nitrogens with one attached hydrogen (secondary N) is 1. The lowest BCUT2D eigenvalue weighted by Crippen LogP contribution is -2.50. The molecule has 1 unspecified atom stereocenters. The van der Waals surface area contributed by atoms with Gasteiger partial charge in [0.2, 0.25) is 0 Å². The van der Waals surface area contributed by atoms with Gasteiger partial charge in [0.25, 0.3) is 5.91 Å². The molecular formula is C31H30FN3O4. The summed E-state index contributed by atoms with van der Waals surface area (Å²) in [6.45, 7) is 7.12. The van der Waals surface area contributed by atoms with Gasteiger partial charge in [-0.25, -0.2) is 14.1 Å². The summed E-state index contributed by atoms with van der Waals surface area (Å²) in [4.78, 5) is 34.2. The van der Waals surface area contributed by atoms with Crippen LogP contribution in [0.25, 0.3) is 10.9 Å². The molecule has 2 aliphatic heterocycles. The van der Waals surface area contributed by atoms with Crippen LogP contribution in [0.5, 0.6) is 11.5 Å². The number of benzene rings is 3. The van der Waals surface area contributed by atoms with Crippen LogP contribution in [0.3, 0.4) is 0 Å². The van der Waals surface area contributed by atoms with Crippen LogP contribution in [-0.4, -0.2) is 41.6 Å². The van der Waals surface area contributed by atoms with E-state index in [4.69, 9.17) is 9.47 Å².